The Kier molecular flexibility index (Phi) is 8.13. The van der Waals surface area contributed by atoms with Gasteiger partial charge in [-0.1, -0.05) is 0 Å². The van der Waals surface area contributed by atoms with Gasteiger partial charge in [0, 0.05) is 31.9 Å². The van der Waals surface area contributed by atoms with Crippen molar-refractivity contribution in [3.05, 3.63) is 0 Å². The summed E-state index contributed by atoms with van der Waals surface area (Å²) in [7, 11) is -2.03. The first-order chi connectivity index (χ1) is 7.04. The highest BCUT2D eigenvalue weighted by molar-refractivity contribution is 7.95. The van der Waals surface area contributed by atoms with Crippen LogP contribution in [0.25, 0.3) is 0 Å². The lowest BCUT2D eigenvalue weighted by atomic mass is 10.9. The van der Waals surface area contributed by atoms with Crippen molar-refractivity contribution in [2.45, 2.75) is 33.4 Å². The van der Waals surface area contributed by atoms with Crippen LogP contribution in [0.1, 0.15) is 20.8 Å². The Morgan fingerprint density at radius 3 is 2.20 bits per heavy atom. The first-order valence-corrected chi connectivity index (χ1v) is 8.55. The lowest BCUT2D eigenvalue weighted by Gasteiger charge is -2.25. The summed E-state index contributed by atoms with van der Waals surface area (Å²) < 4.78 is 16.1. The molecule has 15 heavy (non-hydrogen) atoms. The van der Waals surface area contributed by atoms with E-state index in [2.05, 4.69) is 0 Å². The Bertz CT molecular complexity index is 183. The minimum absolute atomic E-state index is 0.267. The molecule has 0 N–H and O–H groups in total. The van der Waals surface area contributed by atoms with Crippen molar-refractivity contribution in [2.75, 3.05) is 19.0 Å². The van der Waals surface area contributed by atoms with Crippen molar-refractivity contribution < 1.29 is 17.8 Å². The molecule has 0 unspecified atom stereocenters. The van der Waals surface area contributed by atoms with Crippen LogP contribution in [-0.4, -0.2) is 33.5 Å². The van der Waals surface area contributed by atoms with E-state index in [0.717, 1.165) is 11.8 Å². The molecule has 90 valence electrons. The molecule has 6 heteroatoms. The second-order valence-corrected chi connectivity index (χ2v) is 7.30. The standard InChI is InChI=1S/C9H20O4SSi/c1-5-11-15(4,12-6-2)8-7-14-13-9(3)10/h5-8H2,1-4H3. The van der Waals surface area contributed by atoms with E-state index in [-0.39, 0.29) is 5.97 Å². The maximum absolute atomic E-state index is 10.5. The molecule has 0 aromatic rings. The van der Waals surface area contributed by atoms with Gasteiger partial charge in [-0.25, -0.2) is 0 Å². The third-order valence-electron chi connectivity index (χ3n) is 1.72. The van der Waals surface area contributed by atoms with Crippen LogP contribution in [0.4, 0.5) is 0 Å². The van der Waals surface area contributed by atoms with Crippen LogP contribution in [0.15, 0.2) is 0 Å². The van der Waals surface area contributed by atoms with E-state index in [1.54, 1.807) is 0 Å². The number of hydrogen-bond donors (Lipinski definition) is 0. The summed E-state index contributed by atoms with van der Waals surface area (Å²) >= 11 is 1.17. The van der Waals surface area contributed by atoms with Gasteiger partial charge in [0.15, 0.2) is 0 Å². The quantitative estimate of drug-likeness (QED) is 0.377. The lowest BCUT2D eigenvalue weighted by Crippen LogP contribution is -2.39. The second-order valence-electron chi connectivity index (χ2n) is 3.15. The normalized spacial score (nSPS) is 11.5. The van der Waals surface area contributed by atoms with E-state index >= 15 is 0 Å². The number of carbonyl (C=O) groups excluding carboxylic acids is 1. The van der Waals surface area contributed by atoms with Crippen LogP contribution in [0.5, 0.6) is 0 Å². The molecule has 0 heterocycles. The Morgan fingerprint density at radius 2 is 1.80 bits per heavy atom. The molecular weight excluding hydrogens is 232 g/mol. The molecule has 4 nitrogen and oxygen atoms in total. The SMILES string of the molecule is CCO[Si](C)(CCSOC(C)=O)OCC. The first-order valence-electron chi connectivity index (χ1n) is 5.12. The van der Waals surface area contributed by atoms with Gasteiger partial charge in [-0.05, 0) is 20.4 Å². The van der Waals surface area contributed by atoms with Crippen molar-refractivity contribution >= 4 is 26.6 Å². The van der Waals surface area contributed by atoms with E-state index < -0.39 is 8.56 Å². The first kappa shape index (κ1) is 15.0. The fourth-order valence-corrected chi connectivity index (χ4v) is 4.81. The van der Waals surface area contributed by atoms with Crippen molar-refractivity contribution in [1.82, 2.24) is 0 Å². The summed E-state index contributed by atoms with van der Waals surface area (Å²) in [4.78, 5) is 10.5. The maximum Gasteiger partial charge on any atom is 0.335 e. The number of rotatable bonds is 8. The Hall–Kier alpha value is -0.0431. The fraction of sp³-hybridized carbons (Fsp3) is 0.889. The van der Waals surface area contributed by atoms with E-state index in [0.29, 0.717) is 13.2 Å². The molecule has 0 saturated carbocycles. The summed E-state index contributed by atoms with van der Waals surface area (Å²) in [5, 5.41) is 0. The van der Waals surface area contributed by atoms with Crippen LogP contribution in [0.2, 0.25) is 12.6 Å². The number of hydrogen-bond acceptors (Lipinski definition) is 5. The third kappa shape index (κ3) is 7.84. The molecule has 0 spiro atoms. The predicted molar refractivity (Wildman–Crippen MR) is 63.9 cm³/mol. The van der Waals surface area contributed by atoms with E-state index in [1.165, 1.54) is 19.0 Å². The number of carbonyl (C=O) groups is 1. The minimum atomic E-state index is -2.03. The molecule has 0 aliphatic rings. The highest BCUT2D eigenvalue weighted by Crippen LogP contribution is 2.17. The zero-order valence-corrected chi connectivity index (χ0v) is 11.7. The van der Waals surface area contributed by atoms with Gasteiger partial charge in [-0.3, -0.25) is 4.79 Å². The van der Waals surface area contributed by atoms with Gasteiger partial charge >= 0.3 is 14.5 Å². The highest BCUT2D eigenvalue weighted by atomic mass is 32.2. The lowest BCUT2D eigenvalue weighted by molar-refractivity contribution is -0.130. The Labute approximate surface area is 97.1 Å². The van der Waals surface area contributed by atoms with E-state index in [9.17, 15) is 4.79 Å². The average molecular weight is 252 g/mol. The zero-order valence-electron chi connectivity index (χ0n) is 9.87. The fourth-order valence-electron chi connectivity index (χ4n) is 1.15. The Balaban J connectivity index is 3.79. The van der Waals surface area contributed by atoms with Gasteiger partial charge in [0.2, 0.25) is 0 Å². The van der Waals surface area contributed by atoms with Gasteiger partial charge in [-0.15, -0.1) is 0 Å². The van der Waals surface area contributed by atoms with E-state index in [4.69, 9.17) is 13.0 Å². The van der Waals surface area contributed by atoms with Crippen molar-refractivity contribution in [3.8, 4) is 0 Å². The van der Waals surface area contributed by atoms with Gasteiger partial charge in [-0.2, -0.15) is 0 Å². The van der Waals surface area contributed by atoms with Crippen LogP contribution >= 0.6 is 12.0 Å². The van der Waals surface area contributed by atoms with Crippen LogP contribution < -0.4 is 0 Å². The van der Waals surface area contributed by atoms with Gasteiger partial charge < -0.3 is 13.0 Å². The largest absolute Gasteiger partial charge is 0.395 e. The van der Waals surface area contributed by atoms with Gasteiger partial charge in [0.1, 0.15) is 0 Å². The van der Waals surface area contributed by atoms with Gasteiger partial charge in [0.05, 0.1) is 12.0 Å². The molecule has 0 aromatic heterocycles. The molecule has 0 radical (unpaired) electrons. The topological polar surface area (TPSA) is 44.8 Å². The monoisotopic (exact) mass is 252 g/mol. The van der Waals surface area contributed by atoms with Crippen molar-refractivity contribution in [2.24, 2.45) is 0 Å². The average Bonchev–Trinajstić information content (AvgIpc) is 2.13. The molecule has 0 aliphatic carbocycles. The molecule has 0 aromatic carbocycles. The van der Waals surface area contributed by atoms with Gasteiger partial charge in [0.25, 0.3) is 0 Å². The summed E-state index contributed by atoms with van der Waals surface area (Å²) in [6.45, 7) is 8.69. The summed E-state index contributed by atoms with van der Waals surface area (Å²) in [5.41, 5.74) is 0. The summed E-state index contributed by atoms with van der Waals surface area (Å²) in [6.07, 6.45) is 0. The predicted octanol–water partition coefficient (Wildman–Crippen LogP) is 2.34. The minimum Gasteiger partial charge on any atom is -0.395 e. The second kappa shape index (κ2) is 8.15. The molecule has 0 aliphatic heterocycles. The highest BCUT2D eigenvalue weighted by Gasteiger charge is 2.30. The molecular formula is C9H20O4SSi. The van der Waals surface area contributed by atoms with Crippen LogP contribution in [0.3, 0.4) is 0 Å². The summed E-state index contributed by atoms with van der Waals surface area (Å²) in [6, 6.07) is 0.826. The summed E-state index contributed by atoms with van der Waals surface area (Å²) in [5.74, 6) is 0.457. The van der Waals surface area contributed by atoms with Crippen molar-refractivity contribution in [1.29, 1.82) is 0 Å². The molecule has 0 rings (SSSR count). The molecule has 0 bridgehead atoms. The zero-order chi connectivity index (χ0) is 11.7. The molecule has 0 atom stereocenters. The molecule has 0 saturated heterocycles. The van der Waals surface area contributed by atoms with Crippen LogP contribution in [0, 0.1) is 0 Å². The van der Waals surface area contributed by atoms with Crippen molar-refractivity contribution in [3.63, 3.8) is 0 Å². The molecule has 0 amide bonds. The van der Waals surface area contributed by atoms with E-state index in [1.807, 2.05) is 20.4 Å². The smallest absolute Gasteiger partial charge is 0.335 e. The Morgan fingerprint density at radius 1 is 1.27 bits per heavy atom. The third-order valence-corrected chi connectivity index (χ3v) is 5.76. The van der Waals surface area contributed by atoms with Crippen LogP contribution in [-0.2, 0) is 17.8 Å². The maximum atomic E-state index is 10.5. The molecule has 0 fully saturated rings.